The monoisotopic (exact) mass is 406 g/mol. The molecule has 3 rings (SSSR count). The summed E-state index contributed by atoms with van der Waals surface area (Å²) in [5.41, 5.74) is 0.954. The third-order valence-corrected chi connectivity index (χ3v) is 4.06. The van der Waals surface area contributed by atoms with E-state index in [9.17, 15) is 29.8 Å². The molecule has 0 aliphatic rings. The van der Waals surface area contributed by atoms with Crippen LogP contribution in [0.2, 0.25) is 0 Å². The summed E-state index contributed by atoms with van der Waals surface area (Å²) in [6, 6.07) is 16.7. The van der Waals surface area contributed by atoms with Crippen molar-refractivity contribution in [3.8, 4) is 0 Å². The summed E-state index contributed by atoms with van der Waals surface area (Å²) in [6.45, 7) is 0. The Kier molecular flexibility index (Phi) is 5.78. The van der Waals surface area contributed by atoms with Crippen LogP contribution in [0.25, 0.3) is 0 Å². The zero-order valence-corrected chi connectivity index (χ0v) is 15.3. The van der Waals surface area contributed by atoms with E-state index in [1.807, 2.05) is 0 Å². The molecule has 0 spiro atoms. The van der Waals surface area contributed by atoms with Gasteiger partial charge < -0.3 is 10.6 Å². The van der Waals surface area contributed by atoms with Crippen molar-refractivity contribution in [2.45, 2.75) is 0 Å². The highest BCUT2D eigenvalue weighted by Crippen LogP contribution is 2.18. The molecule has 150 valence electrons. The third kappa shape index (κ3) is 4.81. The lowest BCUT2D eigenvalue weighted by molar-refractivity contribution is -0.385. The van der Waals surface area contributed by atoms with Gasteiger partial charge in [-0.25, -0.2) is 0 Å². The number of amides is 2. The molecule has 0 aromatic heterocycles. The molecule has 0 radical (unpaired) electrons. The van der Waals surface area contributed by atoms with E-state index in [1.165, 1.54) is 72.8 Å². The molecule has 3 aromatic carbocycles. The van der Waals surface area contributed by atoms with Gasteiger partial charge in [0, 0.05) is 46.8 Å². The normalized spacial score (nSPS) is 10.1. The zero-order chi connectivity index (χ0) is 21.7. The van der Waals surface area contributed by atoms with Gasteiger partial charge in [-0.1, -0.05) is 6.07 Å². The number of carbonyl (C=O) groups excluding carboxylic acids is 2. The molecule has 2 amide bonds. The molecule has 0 atom stereocenters. The standard InChI is InChI=1S/C20H14N4O6/c25-19(21-16-8-10-17(11-9-16)23(27)28)13-4-6-15(7-5-13)22-20(26)14-2-1-3-18(12-14)24(29)30/h1-12H,(H,21,25)(H,22,26). The van der Waals surface area contributed by atoms with E-state index in [0.717, 1.165) is 0 Å². The van der Waals surface area contributed by atoms with Gasteiger partial charge in [0.1, 0.15) is 0 Å². The quantitative estimate of drug-likeness (QED) is 0.467. The molecule has 30 heavy (non-hydrogen) atoms. The smallest absolute Gasteiger partial charge is 0.270 e. The van der Waals surface area contributed by atoms with Crippen LogP contribution >= 0.6 is 0 Å². The van der Waals surface area contributed by atoms with Crippen molar-refractivity contribution >= 4 is 34.6 Å². The number of non-ortho nitro benzene ring substituents is 2. The fraction of sp³-hybridized carbons (Fsp3) is 0. The number of nitrogens with one attached hydrogen (secondary N) is 2. The van der Waals surface area contributed by atoms with Crippen molar-refractivity contribution in [1.82, 2.24) is 0 Å². The highest BCUT2D eigenvalue weighted by molar-refractivity contribution is 6.06. The molecular weight excluding hydrogens is 392 g/mol. The second-order valence-corrected chi connectivity index (χ2v) is 6.10. The van der Waals surface area contributed by atoms with Gasteiger partial charge in [-0.05, 0) is 42.5 Å². The van der Waals surface area contributed by atoms with E-state index in [2.05, 4.69) is 10.6 Å². The van der Waals surface area contributed by atoms with Gasteiger partial charge in [0.25, 0.3) is 23.2 Å². The summed E-state index contributed by atoms with van der Waals surface area (Å²) in [5, 5.41) is 26.7. The minimum Gasteiger partial charge on any atom is -0.322 e. The first kappa shape index (κ1) is 20.1. The van der Waals surface area contributed by atoms with Crippen LogP contribution in [0.1, 0.15) is 20.7 Å². The number of rotatable bonds is 6. The number of anilines is 2. The molecule has 10 nitrogen and oxygen atoms in total. The number of nitrogens with zero attached hydrogens (tertiary/aromatic N) is 2. The van der Waals surface area contributed by atoms with Crippen molar-refractivity contribution in [2.75, 3.05) is 10.6 Å². The Labute approximate surface area is 169 Å². The van der Waals surface area contributed by atoms with E-state index in [0.29, 0.717) is 16.9 Å². The number of hydrogen-bond acceptors (Lipinski definition) is 6. The Balaban J connectivity index is 1.64. The predicted molar refractivity (Wildman–Crippen MR) is 109 cm³/mol. The van der Waals surface area contributed by atoms with Crippen LogP contribution in [-0.4, -0.2) is 21.7 Å². The molecular formula is C20H14N4O6. The van der Waals surface area contributed by atoms with E-state index in [-0.39, 0.29) is 16.9 Å². The minimum absolute atomic E-state index is 0.0863. The first-order valence-electron chi connectivity index (χ1n) is 8.55. The van der Waals surface area contributed by atoms with Crippen molar-refractivity contribution in [2.24, 2.45) is 0 Å². The van der Waals surface area contributed by atoms with Crippen LogP contribution in [0.15, 0.2) is 72.8 Å². The lowest BCUT2D eigenvalue weighted by atomic mass is 10.1. The number of nitro benzene ring substituents is 2. The van der Waals surface area contributed by atoms with Gasteiger partial charge in [-0.3, -0.25) is 29.8 Å². The predicted octanol–water partition coefficient (Wildman–Crippen LogP) is 4.01. The maximum atomic E-state index is 12.3. The summed E-state index contributed by atoms with van der Waals surface area (Å²) < 4.78 is 0. The van der Waals surface area contributed by atoms with Crippen LogP contribution in [-0.2, 0) is 0 Å². The average Bonchev–Trinajstić information content (AvgIpc) is 2.74. The second kappa shape index (κ2) is 8.61. The minimum atomic E-state index is -0.588. The van der Waals surface area contributed by atoms with E-state index < -0.39 is 21.7 Å². The Bertz CT molecular complexity index is 1130. The second-order valence-electron chi connectivity index (χ2n) is 6.10. The fourth-order valence-corrected chi connectivity index (χ4v) is 2.54. The molecule has 3 aromatic rings. The van der Waals surface area contributed by atoms with Crippen LogP contribution in [0, 0.1) is 20.2 Å². The Hall–Kier alpha value is -4.60. The van der Waals surface area contributed by atoms with E-state index in [4.69, 9.17) is 0 Å². The molecule has 10 heteroatoms. The lowest BCUT2D eigenvalue weighted by Crippen LogP contribution is -2.14. The van der Waals surface area contributed by atoms with Gasteiger partial charge in [0.05, 0.1) is 9.85 Å². The van der Waals surface area contributed by atoms with E-state index in [1.54, 1.807) is 0 Å². The Morgan fingerprint density at radius 3 is 1.67 bits per heavy atom. The number of carbonyl (C=O) groups is 2. The lowest BCUT2D eigenvalue weighted by Gasteiger charge is -2.08. The first-order chi connectivity index (χ1) is 14.3. The Morgan fingerprint density at radius 1 is 0.633 bits per heavy atom. The molecule has 0 saturated carbocycles. The molecule has 0 heterocycles. The molecule has 0 bridgehead atoms. The number of benzene rings is 3. The molecule has 0 unspecified atom stereocenters. The molecule has 0 aliphatic carbocycles. The van der Waals surface area contributed by atoms with Gasteiger partial charge in [0.15, 0.2) is 0 Å². The maximum absolute atomic E-state index is 12.3. The largest absolute Gasteiger partial charge is 0.322 e. The van der Waals surface area contributed by atoms with Crippen molar-refractivity contribution in [1.29, 1.82) is 0 Å². The van der Waals surface area contributed by atoms with Gasteiger partial charge in [-0.2, -0.15) is 0 Å². The first-order valence-corrected chi connectivity index (χ1v) is 8.55. The Morgan fingerprint density at radius 2 is 1.13 bits per heavy atom. The van der Waals surface area contributed by atoms with Gasteiger partial charge >= 0.3 is 0 Å². The van der Waals surface area contributed by atoms with Crippen LogP contribution in [0.4, 0.5) is 22.7 Å². The third-order valence-electron chi connectivity index (χ3n) is 4.06. The summed E-state index contributed by atoms with van der Waals surface area (Å²) in [4.78, 5) is 44.9. The molecule has 0 aliphatic heterocycles. The van der Waals surface area contributed by atoms with Crippen LogP contribution in [0.5, 0.6) is 0 Å². The topological polar surface area (TPSA) is 144 Å². The number of nitro groups is 2. The van der Waals surface area contributed by atoms with Crippen molar-refractivity contribution < 1.29 is 19.4 Å². The average molecular weight is 406 g/mol. The number of hydrogen-bond donors (Lipinski definition) is 2. The van der Waals surface area contributed by atoms with Crippen molar-refractivity contribution in [3.05, 3.63) is 104 Å². The summed E-state index contributed by atoms with van der Waals surface area (Å²) in [7, 11) is 0. The van der Waals surface area contributed by atoms with E-state index >= 15 is 0 Å². The van der Waals surface area contributed by atoms with Crippen LogP contribution < -0.4 is 10.6 Å². The van der Waals surface area contributed by atoms with Gasteiger partial charge in [0.2, 0.25) is 0 Å². The fourth-order valence-electron chi connectivity index (χ4n) is 2.54. The molecule has 2 N–H and O–H groups in total. The molecule has 0 saturated heterocycles. The van der Waals surface area contributed by atoms with Gasteiger partial charge in [-0.15, -0.1) is 0 Å². The summed E-state index contributed by atoms with van der Waals surface area (Å²) >= 11 is 0. The SMILES string of the molecule is O=C(Nc1ccc([N+](=O)[O-])cc1)c1ccc(NC(=O)c2cccc([N+](=O)[O-])c2)cc1. The highest BCUT2D eigenvalue weighted by Gasteiger charge is 2.13. The highest BCUT2D eigenvalue weighted by atomic mass is 16.6. The molecule has 0 fully saturated rings. The maximum Gasteiger partial charge on any atom is 0.270 e. The van der Waals surface area contributed by atoms with Crippen LogP contribution in [0.3, 0.4) is 0 Å². The van der Waals surface area contributed by atoms with Crippen molar-refractivity contribution in [3.63, 3.8) is 0 Å². The summed E-state index contributed by atoms with van der Waals surface area (Å²) in [5.74, 6) is -0.956. The summed E-state index contributed by atoms with van der Waals surface area (Å²) in [6.07, 6.45) is 0. The zero-order valence-electron chi connectivity index (χ0n) is 15.3.